The number of hydrogen-bond acceptors (Lipinski definition) is 2. The van der Waals surface area contributed by atoms with Crippen LogP contribution in [0.4, 0.5) is 0 Å². The molecule has 2 rings (SSSR count). The van der Waals surface area contributed by atoms with Gasteiger partial charge in [0.1, 0.15) is 0 Å². The highest BCUT2D eigenvalue weighted by Crippen LogP contribution is 2.27. The number of aryl methyl sites for hydroxylation is 2. The van der Waals surface area contributed by atoms with Crippen molar-refractivity contribution in [2.75, 3.05) is 0 Å². The monoisotopic (exact) mass is 228 g/mol. The standard InChI is InChI=1S/C15H20N2/c1-2-11(10-16)15(17)14-8-7-12-5-3-4-6-13(12)9-14/h7-9,11,15H,2-6,17H2,1H3. The Bertz CT molecular complexity index is 431. The summed E-state index contributed by atoms with van der Waals surface area (Å²) < 4.78 is 0. The minimum Gasteiger partial charge on any atom is -0.323 e. The summed E-state index contributed by atoms with van der Waals surface area (Å²) in [4.78, 5) is 0. The van der Waals surface area contributed by atoms with E-state index >= 15 is 0 Å². The second kappa shape index (κ2) is 5.33. The van der Waals surface area contributed by atoms with Crippen molar-refractivity contribution < 1.29 is 0 Å². The van der Waals surface area contributed by atoms with Gasteiger partial charge >= 0.3 is 0 Å². The van der Waals surface area contributed by atoms with Crippen molar-refractivity contribution in [1.82, 2.24) is 0 Å². The van der Waals surface area contributed by atoms with E-state index in [1.54, 1.807) is 0 Å². The van der Waals surface area contributed by atoms with Crippen molar-refractivity contribution in [3.63, 3.8) is 0 Å². The molecule has 0 radical (unpaired) electrons. The molecule has 0 aromatic heterocycles. The van der Waals surface area contributed by atoms with Crippen LogP contribution in [-0.2, 0) is 12.8 Å². The Morgan fingerprint density at radius 3 is 2.65 bits per heavy atom. The highest BCUT2D eigenvalue weighted by atomic mass is 14.7. The predicted octanol–water partition coefficient (Wildman–Crippen LogP) is 3.11. The summed E-state index contributed by atoms with van der Waals surface area (Å²) in [7, 11) is 0. The summed E-state index contributed by atoms with van der Waals surface area (Å²) in [5, 5.41) is 9.07. The zero-order valence-electron chi connectivity index (χ0n) is 10.4. The fourth-order valence-electron chi connectivity index (χ4n) is 2.62. The first-order valence-electron chi connectivity index (χ1n) is 6.53. The largest absolute Gasteiger partial charge is 0.323 e. The molecule has 2 atom stereocenters. The zero-order chi connectivity index (χ0) is 12.3. The molecule has 2 nitrogen and oxygen atoms in total. The molecule has 1 aliphatic rings. The molecule has 2 N–H and O–H groups in total. The highest BCUT2D eigenvalue weighted by molar-refractivity contribution is 5.35. The van der Waals surface area contributed by atoms with Crippen molar-refractivity contribution in [3.05, 3.63) is 34.9 Å². The van der Waals surface area contributed by atoms with E-state index in [4.69, 9.17) is 11.0 Å². The van der Waals surface area contributed by atoms with E-state index < -0.39 is 0 Å². The third-order valence-corrected chi connectivity index (χ3v) is 3.80. The maximum Gasteiger partial charge on any atom is 0.0675 e. The molecule has 0 spiro atoms. The van der Waals surface area contributed by atoms with Crippen molar-refractivity contribution >= 4 is 0 Å². The van der Waals surface area contributed by atoms with Crippen molar-refractivity contribution in [3.8, 4) is 6.07 Å². The molecule has 0 saturated carbocycles. The summed E-state index contributed by atoms with van der Waals surface area (Å²) in [5.41, 5.74) is 10.2. The van der Waals surface area contributed by atoms with Crippen molar-refractivity contribution in [2.24, 2.45) is 11.7 Å². The van der Waals surface area contributed by atoms with Gasteiger partial charge in [-0.1, -0.05) is 25.1 Å². The van der Waals surface area contributed by atoms with Gasteiger partial charge < -0.3 is 5.73 Å². The molecule has 2 heteroatoms. The van der Waals surface area contributed by atoms with E-state index in [1.165, 1.54) is 36.8 Å². The van der Waals surface area contributed by atoms with E-state index in [9.17, 15) is 0 Å². The van der Waals surface area contributed by atoms with E-state index in [0.717, 1.165) is 12.0 Å². The third kappa shape index (κ3) is 2.50. The van der Waals surface area contributed by atoms with Crippen LogP contribution in [0.15, 0.2) is 18.2 Å². The second-order valence-electron chi connectivity index (χ2n) is 4.90. The molecule has 1 aliphatic carbocycles. The van der Waals surface area contributed by atoms with Gasteiger partial charge in [-0.3, -0.25) is 0 Å². The van der Waals surface area contributed by atoms with Crippen LogP contribution in [0.5, 0.6) is 0 Å². The van der Waals surface area contributed by atoms with Crippen LogP contribution >= 0.6 is 0 Å². The summed E-state index contributed by atoms with van der Waals surface area (Å²) >= 11 is 0. The first-order chi connectivity index (χ1) is 8.26. The van der Waals surface area contributed by atoms with E-state index in [-0.39, 0.29) is 12.0 Å². The lowest BCUT2D eigenvalue weighted by Crippen LogP contribution is -2.20. The van der Waals surface area contributed by atoms with Crippen LogP contribution in [0.25, 0.3) is 0 Å². The van der Waals surface area contributed by atoms with E-state index in [2.05, 4.69) is 24.3 Å². The Morgan fingerprint density at radius 1 is 1.29 bits per heavy atom. The van der Waals surface area contributed by atoms with Gasteiger partial charge in [0.2, 0.25) is 0 Å². The molecule has 0 heterocycles. The number of fused-ring (bicyclic) bond motifs is 1. The molecule has 0 saturated heterocycles. The quantitative estimate of drug-likeness (QED) is 0.864. The van der Waals surface area contributed by atoms with Crippen LogP contribution < -0.4 is 5.73 Å². The lowest BCUT2D eigenvalue weighted by molar-refractivity contribution is 0.516. The number of hydrogen-bond donors (Lipinski definition) is 1. The molecule has 1 aromatic rings. The number of nitrogens with zero attached hydrogens (tertiary/aromatic N) is 1. The van der Waals surface area contributed by atoms with E-state index in [1.807, 2.05) is 6.92 Å². The highest BCUT2D eigenvalue weighted by Gasteiger charge is 2.19. The van der Waals surface area contributed by atoms with Crippen molar-refractivity contribution in [1.29, 1.82) is 5.26 Å². The molecular formula is C15H20N2. The van der Waals surface area contributed by atoms with Crippen molar-refractivity contribution in [2.45, 2.75) is 45.1 Å². The average molecular weight is 228 g/mol. The maximum atomic E-state index is 9.07. The minimum absolute atomic E-state index is 0.0726. The second-order valence-corrected chi connectivity index (χ2v) is 4.90. The van der Waals surface area contributed by atoms with Crippen LogP contribution in [0.2, 0.25) is 0 Å². The minimum atomic E-state index is -0.141. The van der Waals surface area contributed by atoms with Crippen LogP contribution in [0.3, 0.4) is 0 Å². The molecule has 0 bridgehead atoms. The van der Waals surface area contributed by atoms with Gasteiger partial charge in [0, 0.05) is 6.04 Å². The predicted molar refractivity (Wildman–Crippen MR) is 69.4 cm³/mol. The summed E-state index contributed by atoms with van der Waals surface area (Å²) in [5.74, 6) is -0.0726. The molecule has 0 fully saturated rings. The van der Waals surface area contributed by atoms with Gasteiger partial charge in [-0.25, -0.2) is 0 Å². The number of rotatable bonds is 3. The third-order valence-electron chi connectivity index (χ3n) is 3.80. The van der Waals surface area contributed by atoms with E-state index in [0.29, 0.717) is 0 Å². The molecule has 1 aromatic carbocycles. The summed E-state index contributed by atoms with van der Waals surface area (Å²) in [6.45, 7) is 2.02. The number of benzene rings is 1. The Kier molecular flexibility index (Phi) is 3.81. The first-order valence-corrected chi connectivity index (χ1v) is 6.53. The molecule has 17 heavy (non-hydrogen) atoms. The number of nitrogens with two attached hydrogens (primary N) is 1. The van der Waals surface area contributed by atoms with Gasteiger partial charge in [0.15, 0.2) is 0 Å². The topological polar surface area (TPSA) is 49.8 Å². The zero-order valence-corrected chi connectivity index (χ0v) is 10.4. The van der Waals surface area contributed by atoms with Crippen LogP contribution in [0, 0.1) is 17.2 Å². The first kappa shape index (κ1) is 12.1. The fourth-order valence-corrected chi connectivity index (χ4v) is 2.62. The summed E-state index contributed by atoms with van der Waals surface area (Å²) in [6, 6.07) is 8.69. The fraction of sp³-hybridized carbons (Fsp3) is 0.533. The SMILES string of the molecule is CCC(C#N)C(N)c1ccc2c(c1)CCCC2. The smallest absolute Gasteiger partial charge is 0.0675 e. The van der Waals surface area contributed by atoms with Gasteiger partial charge in [0.05, 0.1) is 12.0 Å². The lowest BCUT2D eigenvalue weighted by atomic mass is 9.86. The molecule has 0 amide bonds. The molecule has 2 unspecified atom stereocenters. The van der Waals surface area contributed by atoms with Gasteiger partial charge in [-0.2, -0.15) is 5.26 Å². The molecule has 90 valence electrons. The van der Waals surface area contributed by atoms with Crippen LogP contribution in [-0.4, -0.2) is 0 Å². The Labute approximate surface area is 103 Å². The van der Waals surface area contributed by atoms with Gasteiger partial charge in [0.25, 0.3) is 0 Å². The number of nitriles is 1. The summed E-state index contributed by atoms with van der Waals surface area (Å²) in [6.07, 6.45) is 5.75. The maximum absolute atomic E-state index is 9.07. The van der Waals surface area contributed by atoms with Gasteiger partial charge in [-0.05, 0) is 48.8 Å². The molecule has 0 aliphatic heterocycles. The Hall–Kier alpha value is -1.33. The average Bonchev–Trinajstić information content (AvgIpc) is 2.39. The molecular weight excluding hydrogens is 208 g/mol. The Balaban J connectivity index is 2.25. The lowest BCUT2D eigenvalue weighted by Gasteiger charge is -2.21. The van der Waals surface area contributed by atoms with Crippen LogP contribution in [0.1, 0.15) is 48.9 Å². The normalized spacial score (nSPS) is 17.9. The van der Waals surface area contributed by atoms with Gasteiger partial charge in [-0.15, -0.1) is 0 Å². The Morgan fingerprint density at radius 2 is 2.00 bits per heavy atom.